The van der Waals surface area contributed by atoms with E-state index in [2.05, 4.69) is 20.2 Å². The summed E-state index contributed by atoms with van der Waals surface area (Å²) in [6.45, 7) is 2.11. The van der Waals surface area contributed by atoms with Crippen LogP contribution in [0.1, 0.15) is 31.4 Å². The quantitative estimate of drug-likeness (QED) is 0.850. The SMILES string of the molecule is FC(F)(F)c1cc(NC2CCN3CCCC3C2)nc(Cl)n1. The predicted octanol–water partition coefficient (Wildman–Crippen LogP) is 3.19. The number of fused-ring (bicyclic) bond motifs is 1. The molecule has 0 saturated carbocycles. The summed E-state index contributed by atoms with van der Waals surface area (Å²) in [6, 6.07) is 1.60. The van der Waals surface area contributed by atoms with Crippen molar-refractivity contribution >= 4 is 17.4 Å². The van der Waals surface area contributed by atoms with Crippen LogP contribution in [0.4, 0.5) is 19.0 Å². The highest BCUT2D eigenvalue weighted by molar-refractivity contribution is 6.28. The van der Waals surface area contributed by atoms with Crippen molar-refractivity contribution in [1.29, 1.82) is 0 Å². The molecule has 2 aliphatic heterocycles. The van der Waals surface area contributed by atoms with E-state index >= 15 is 0 Å². The molecule has 0 aromatic carbocycles. The number of rotatable bonds is 2. The van der Waals surface area contributed by atoms with Gasteiger partial charge in [-0.3, -0.25) is 0 Å². The van der Waals surface area contributed by atoms with Crippen molar-refractivity contribution in [3.8, 4) is 0 Å². The molecule has 0 amide bonds. The third-order valence-corrected chi connectivity index (χ3v) is 4.33. The zero-order chi connectivity index (χ0) is 15.0. The largest absolute Gasteiger partial charge is 0.433 e. The monoisotopic (exact) mass is 320 g/mol. The van der Waals surface area contributed by atoms with E-state index in [0.29, 0.717) is 6.04 Å². The number of hydrogen-bond acceptors (Lipinski definition) is 4. The maximum absolute atomic E-state index is 12.7. The molecule has 2 aliphatic rings. The average Bonchev–Trinajstić information content (AvgIpc) is 2.84. The minimum atomic E-state index is -4.52. The third-order valence-electron chi connectivity index (χ3n) is 4.16. The molecule has 0 bridgehead atoms. The summed E-state index contributed by atoms with van der Waals surface area (Å²) >= 11 is 5.59. The topological polar surface area (TPSA) is 41.0 Å². The summed E-state index contributed by atoms with van der Waals surface area (Å²) < 4.78 is 38.2. The van der Waals surface area contributed by atoms with Crippen molar-refractivity contribution in [2.75, 3.05) is 18.4 Å². The number of hydrogen-bond donors (Lipinski definition) is 1. The fourth-order valence-electron chi connectivity index (χ4n) is 3.20. The molecule has 116 valence electrons. The highest BCUT2D eigenvalue weighted by Gasteiger charge is 2.35. The maximum atomic E-state index is 12.7. The van der Waals surface area contributed by atoms with Crippen LogP contribution in [0.2, 0.25) is 5.28 Å². The van der Waals surface area contributed by atoms with Gasteiger partial charge in [0, 0.05) is 24.7 Å². The van der Waals surface area contributed by atoms with E-state index in [9.17, 15) is 13.2 Å². The fourth-order valence-corrected chi connectivity index (χ4v) is 3.38. The molecule has 1 N–H and O–H groups in total. The lowest BCUT2D eigenvalue weighted by Crippen LogP contribution is -2.42. The lowest BCUT2D eigenvalue weighted by atomic mass is 9.97. The molecule has 4 nitrogen and oxygen atoms in total. The lowest BCUT2D eigenvalue weighted by Gasteiger charge is -2.35. The van der Waals surface area contributed by atoms with Crippen LogP contribution in [0.25, 0.3) is 0 Å². The molecule has 2 unspecified atom stereocenters. The van der Waals surface area contributed by atoms with Crippen LogP contribution < -0.4 is 5.32 Å². The molecular formula is C13H16ClF3N4. The highest BCUT2D eigenvalue weighted by atomic mass is 35.5. The van der Waals surface area contributed by atoms with Crippen LogP contribution in [0, 0.1) is 0 Å². The van der Waals surface area contributed by atoms with Crippen molar-refractivity contribution in [3.05, 3.63) is 17.0 Å². The standard InChI is InChI=1S/C13H16ClF3N4/c14-12-19-10(13(15,16)17)7-11(20-12)18-8-3-5-21-4-1-2-9(21)6-8/h7-9H,1-6H2,(H,18,19,20). The van der Waals surface area contributed by atoms with Crippen LogP contribution in [-0.2, 0) is 6.18 Å². The number of halogens is 4. The minimum absolute atomic E-state index is 0.136. The molecule has 3 heterocycles. The Hall–Kier alpha value is -1.08. The third kappa shape index (κ3) is 3.40. The first-order valence-corrected chi connectivity index (χ1v) is 7.42. The first-order valence-electron chi connectivity index (χ1n) is 7.04. The molecule has 3 rings (SSSR count). The average molecular weight is 321 g/mol. The normalized spacial score (nSPS) is 26.7. The Morgan fingerprint density at radius 1 is 1.24 bits per heavy atom. The Labute approximate surface area is 125 Å². The first kappa shape index (κ1) is 14.8. The number of anilines is 1. The van der Waals surface area contributed by atoms with Gasteiger partial charge in [-0.15, -0.1) is 0 Å². The number of piperidine rings is 1. The van der Waals surface area contributed by atoms with Crippen molar-refractivity contribution in [2.45, 2.75) is 43.9 Å². The lowest BCUT2D eigenvalue weighted by molar-refractivity contribution is -0.141. The molecule has 21 heavy (non-hydrogen) atoms. The summed E-state index contributed by atoms with van der Waals surface area (Å²) in [5.74, 6) is 0.152. The Balaban J connectivity index is 1.71. The van der Waals surface area contributed by atoms with Gasteiger partial charge in [-0.05, 0) is 43.8 Å². The molecule has 2 fully saturated rings. The summed E-state index contributed by atoms with van der Waals surface area (Å²) in [7, 11) is 0. The van der Waals surface area contributed by atoms with Crippen LogP contribution in [-0.4, -0.2) is 40.0 Å². The van der Waals surface area contributed by atoms with Gasteiger partial charge in [-0.25, -0.2) is 9.97 Å². The van der Waals surface area contributed by atoms with E-state index in [-0.39, 0.29) is 17.1 Å². The second-order valence-electron chi connectivity index (χ2n) is 5.60. The van der Waals surface area contributed by atoms with E-state index in [1.807, 2.05) is 0 Å². The Kier molecular flexibility index (Phi) is 3.96. The second-order valence-corrected chi connectivity index (χ2v) is 5.94. The van der Waals surface area contributed by atoms with Gasteiger partial charge >= 0.3 is 6.18 Å². The smallest absolute Gasteiger partial charge is 0.367 e. The maximum Gasteiger partial charge on any atom is 0.433 e. The summed E-state index contributed by atoms with van der Waals surface area (Å²) in [5.41, 5.74) is -1.01. The van der Waals surface area contributed by atoms with Crippen LogP contribution in [0.15, 0.2) is 6.07 Å². The molecule has 2 atom stereocenters. The Morgan fingerprint density at radius 2 is 2.05 bits per heavy atom. The zero-order valence-electron chi connectivity index (χ0n) is 11.3. The van der Waals surface area contributed by atoms with Gasteiger partial charge in [0.1, 0.15) is 5.82 Å². The van der Waals surface area contributed by atoms with Gasteiger partial charge in [-0.2, -0.15) is 13.2 Å². The van der Waals surface area contributed by atoms with Gasteiger partial charge in [-0.1, -0.05) is 0 Å². The number of aromatic nitrogens is 2. The van der Waals surface area contributed by atoms with Gasteiger partial charge in [0.2, 0.25) is 5.28 Å². The van der Waals surface area contributed by atoms with Crippen LogP contribution >= 0.6 is 11.6 Å². The Morgan fingerprint density at radius 3 is 2.81 bits per heavy atom. The van der Waals surface area contributed by atoms with Gasteiger partial charge < -0.3 is 10.2 Å². The molecule has 0 spiro atoms. The Bertz CT molecular complexity index is 523. The van der Waals surface area contributed by atoms with E-state index in [0.717, 1.165) is 38.4 Å². The number of nitrogens with one attached hydrogen (secondary N) is 1. The van der Waals surface area contributed by atoms with Gasteiger partial charge in [0.15, 0.2) is 5.69 Å². The van der Waals surface area contributed by atoms with Crippen molar-refractivity contribution in [3.63, 3.8) is 0 Å². The molecule has 0 aliphatic carbocycles. The fraction of sp³-hybridized carbons (Fsp3) is 0.692. The molecule has 1 aromatic rings. The van der Waals surface area contributed by atoms with E-state index in [1.165, 1.54) is 6.42 Å². The number of nitrogens with zero attached hydrogens (tertiary/aromatic N) is 3. The second kappa shape index (κ2) is 5.61. The van der Waals surface area contributed by atoms with Gasteiger partial charge in [0.05, 0.1) is 0 Å². The van der Waals surface area contributed by atoms with E-state index in [1.54, 1.807) is 0 Å². The molecule has 2 saturated heterocycles. The highest BCUT2D eigenvalue weighted by Crippen LogP contribution is 2.31. The molecular weight excluding hydrogens is 305 g/mol. The summed E-state index contributed by atoms with van der Waals surface area (Å²) in [6.07, 6.45) is -0.314. The summed E-state index contributed by atoms with van der Waals surface area (Å²) in [5, 5.41) is 2.70. The first-order chi connectivity index (χ1) is 9.91. The van der Waals surface area contributed by atoms with E-state index < -0.39 is 11.9 Å². The molecule has 8 heteroatoms. The minimum Gasteiger partial charge on any atom is -0.367 e. The van der Waals surface area contributed by atoms with Gasteiger partial charge in [0.25, 0.3) is 0 Å². The summed E-state index contributed by atoms with van der Waals surface area (Å²) in [4.78, 5) is 9.54. The van der Waals surface area contributed by atoms with Crippen molar-refractivity contribution in [1.82, 2.24) is 14.9 Å². The predicted molar refractivity (Wildman–Crippen MR) is 73.3 cm³/mol. The van der Waals surface area contributed by atoms with Crippen molar-refractivity contribution in [2.24, 2.45) is 0 Å². The van der Waals surface area contributed by atoms with E-state index in [4.69, 9.17) is 11.6 Å². The van der Waals surface area contributed by atoms with Crippen LogP contribution in [0.3, 0.4) is 0 Å². The zero-order valence-corrected chi connectivity index (χ0v) is 12.1. The molecule has 0 radical (unpaired) electrons. The van der Waals surface area contributed by atoms with Crippen molar-refractivity contribution < 1.29 is 13.2 Å². The number of alkyl halides is 3. The van der Waals surface area contributed by atoms with Crippen LogP contribution in [0.5, 0.6) is 0 Å². The molecule has 1 aromatic heterocycles.